The number of ether oxygens (including phenoxy) is 1. The highest BCUT2D eigenvalue weighted by Gasteiger charge is 2.31. The largest absolute Gasteiger partial charge is 0.504 e. The van der Waals surface area contributed by atoms with Gasteiger partial charge in [-0.15, -0.1) is 0 Å². The zero-order chi connectivity index (χ0) is 16.9. The molecular weight excluding hydrogens is 309 g/mol. The Balaban J connectivity index is 2.22. The van der Waals surface area contributed by atoms with Gasteiger partial charge in [-0.25, -0.2) is 0 Å². The quantitative estimate of drug-likeness (QED) is 0.840. The molecule has 0 saturated carbocycles. The van der Waals surface area contributed by atoms with E-state index in [4.69, 9.17) is 4.74 Å². The lowest BCUT2D eigenvalue weighted by Gasteiger charge is -2.35. The second-order valence-corrected chi connectivity index (χ2v) is 5.62. The van der Waals surface area contributed by atoms with Gasteiger partial charge in [0.25, 0.3) is 0 Å². The Kier molecular flexibility index (Phi) is 6.12. The van der Waals surface area contributed by atoms with Gasteiger partial charge in [0.15, 0.2) is 11.5 Å². The van der Waals surface area contributed by atoms with E-state index in [1.165, 1.54) is 6.07 Å². The molecule has 0 radical (unpaired) electrons. The van der Waals surface area contributed by atoms with Crippen LogP contribution in [-0.4, -0.2) is 49.0 Å². The predicted octanol–water partition coefficient (Wildman–Crippen LogP) is 3.08. The third-order valence-electron chi connectivity index (χ3n) is 3.96. The molecule has 0 spiro atoms. The topological polar surface area (TPSA) is 44.7 Å². The first kappa shape index (κ1) is 17.9. The van der Waals surface area contributed by atoms with Crippen LogP contribution in [0, 0.1) is 0 Å². The summed E-state index contributed by atoms with van der Waals surface area (Å²) in [5.74, 6) is 0.322. The summed E-state index contributed by atoms with van der Waals surface area (Å²) in [6.45, 7) is 5.11. The van der Waals surface area contributed by atoms with Gasteiger partial charge in [-0.3, -0.25) is 4.90 Å². The molecule has 1 aromatic rings. The number of rotatable bonds is 6. The highest BCUT2D eigenvalue weighted by molar-refractivity contribution is 5.42. The van der Waals surface area contributed by atoms with Crippen molar-refractivity contribution in [1.29, 1.82) is 0 Å². The smallest absolute Gasteiger partial charge is 0.389 e. The number of phenols is 1. The van der Waals surface area contributed by atoms with Gasteiger partial charge >= 0.3 is 6.18 Å². The molecule has 130 valence electrons. The number of aromatic hydroxyl groups is 1. The van der Waals surface area contributed by atoms with E-state index in [0.29, 0.717) is 25.4 Å². The molecule has 1 aliphatic rings. The van der Waals surface area contributed by atoms with Gasteiger partial charge in [-0.2, -0.15) is 13.2 Å². The number of nitrogens with one attached hydrogen (secondary N) is 1. The Labute approximate surface area is 134 Å². The molecule has 1 atom stereocenters. The first-order valence-electron chi connectivity index (χ1n) is 7.88. The molecule has 23 heavy (non-hydrogen) atoms. The van der Waals surface area contributed by atoms with Crippen molar-refractivity contribution in [1.82, 2.24) is 10.2 Å². The minimum Gasteiger partial charge on any atom is -0.504 e. The van der Waals surface area contributed by atoms with Crippen molar-refractivity contribution >= 4 is 0 Å². The van der Waals surface area contributed by atoms with E-state index >= 15 is 0 Å². The summed E-state index contributed by atoms with van der Waals surface area (Å²) in [4.78, 5) is 2.06. The summed E-state index contributed by atoms with van der Waals surface area (Å²) < 4.78 is 43.4. The minimum atomic E-state index is -4.17. The Morgan fingerprint density at radius 1 is 1.30 bits per heavy atom. The Hall–Kier alpha value is -1.47. The lowest BCUT2D eigenvalue weighted by molar-refractivity contribution is -0.138. The van der Waals surface area contributed by atoms with Crippen LogP contribution in [0.1, 0.15) is 31.4 Å². The van der Waals surface area contributed by atoms with E-state index in [1.807, 2.05) is 0 Å². The number of piperazine rings is 1. The number of hydrogen-bond acceptors (Lipinski definition) is 4. The van der Waals surface area contributed by atoms with E-state index in [-0.39, 0.29) is 18.2 Å². The summed E-state index contributed by atoms with van der Waals surface area (Å²) >= 11 is 0. The molecule has 2 rings (SSSR count). The highest BCUT2D eigenvalue weighted by atomic mass is 19.4. The van der Waals surface area contributed by atoms with E-state index in [1.54, 1.807) is 19.1 Å². The monoisotopic (exact) mass is 332 g/mol. The van der Waals surface area contributed by atoms with E-state index in [2.05, 4.69) is 10.2 Å². The molecule has 0 amide bonds. The first-order valence-corrected chi connectivity index (χ1v) is 7.88. The van der Waals surface area contributed by atoms with Crippen LogP contribution in [0.5, 0.6) is 11.5 Å². The van der Waals surface area contributed by atoms with Crippen molar-refractivity contribution in [3.8, 4) is 11.5 Å². The van der Waals surface area contributed by atoms with Crippen LogP contribution in [0.3, 0.4) is 0 Å². The summed E-state index contributed by atoms with van der Waals surface area (Å²) in [5, 5.41) is 13.0. The van der Waals surface area contributed by atoms with Crippen LogP contribution >= 0.6 is 0 Å². The zero-order valence-electron chi connectivity index (χ0n) is 13.2. The van der Waals surface area contributed by atoms with Crippen LogP contribution in [0.4, 0.5) is 13.2 Å². The average molecular weight is 332 g/mol. The lowest BCUT2D eigenvalue weighted by Crippen LogP contribution is -2.45. The number of benzene rings is 1. The molecule has 1 saturated heterocycles. The molecule has 0 aromatic heterocycles. The van der Waals surface area contributed by atoms with Gasteiger partial charge in [-0.05, 0) is 31.0 Å². The number of halogens is 3. The maximum absolute atomic E-state index is 12.7. The SMILES string of the molecule is CCOc1cc([C@@H](CCC(F)(F)F)N2CCNCC2)ccc1O. The van der Waals surface area contributed by atoms with Gasteiger partial charge in [-0.1, -0.05) is 6.07 Å². The Morgan fingerprint density at radius 3 is 2.61 bits per heavy atom. The number of phenolic OH excluding ortho intramolecular Hbond substituents is 1. The number of alkyl halides is 3. The fraction of sp³-hybridized carbons (Fsp3) is 0.625. The van der Waals surface area contributed by atoms with Crippen molar-refractivity contribution in [3.05, 3.63) is 23.8 Å². The van der Waals surface area contributed by atoms with Gasteiger partial charge in [0.2, 0.25) is 0 Å². The fourth-order valence-corrected chi connectivity index (χ4v) is 2.86. The van der Waals surface area contributed by atoms with Gasteiger partial charge < -0.3 is 15.2 Å². The van der Waals surface area contributed by atoms with Crippen LogP contribution < -0.4 is 10.1 Å². The number of nitrogens with zero attached hydrogens (tertiary/aromatic N) is 1. The second kappa shape index (κ2) is 7.88. The molecule has 1 aliphatic heterocycles. The summed E-state index contributed by atoms with van der Waals surface area (Å²) in [5.41, 5.74) is 0.748. The fourth-order valence-electron chi connectivity index (χ4n) is 2.86. The Bertz CT molecular complexity index is 503. The van der Waals surface area contributed by atoms with Crippen LogP contribution in [0.2, 0.25) is 0 Å². The molecule has 0 aliphatic carbocycles. The third kappa shape index (κ3) is 5.28. The van der Waals surface area contributed by atoms with E-state index < -0.39 is 12.6 Å². The highest BCUT2D eigenvalue weighted by Crippen LogP contribution is 2.35. The Morgan fingerprint density at radius 2 is 2.00 bits per heavy atom. The number of hydrogen-bond donors (Lipinski definition) is 2. The molecule has 0 unspecified atom stereocenters. The molecule has 4 nitrogen and oxygen atoms in total. The second-order valence-electron chi connectivity index (χ2n) is 5.62. The zero-order valence-corrected chi connectivity index (χ0v) is 13.2. The van der Waals surface area contributed by atoms with Gasteiger partial charge in [0, 0.05) is 38.6 Å². The molecule has 1 aromatic carbocycles. The van der Waals surface area contributed by atoms with Gasteiger partial charge in [0.05, 0.1) is 6.61 Å². The van der Waals surface area contributed by atoms with Crippen LogP contribution in [-0.2, 0) is 0 Å². The summed E-state index contributed by atoms with van der Waals surface area (Å²) in [6, 6.07) is 4.49. The van der Waals surface area contributed by atoms with Crippen molar-refractivity contribution in [2.24, 2.45) is 0 Å². The average Bonchev–Trinajstić information content (AvgIpc) is 2.51. The minimum absolute atomic E-state index is 0.000158. The van der Waals surface area contributed by atoms with Crippen LogP contribution in [0.25, 0.3) is 0 Å². The van der Waals surface area contributed by atoms with Crippen molar-refractivity contribution in [3.63, 3.8) is 0 Å². The maximum Gasteiger partial charge on any atom is 0.389 e. The summed E-state index contributed by atoms with van der Waals surface area (Å²) in [6.07, 6.45) is -5.00. The molecule has 0 bridgehead atoms. The van der Waals surface area contributed by atoms with E-state index in [0.717, 1.165) is 18.7 Å². The predicted molar refractivity (Wildman–Crippen MR) is 81.7 cm³/mol. The summed E-state index contributed by atoms with van der Waals surface area (Å²) in [7, 11) is 0. The van der Waals surface area contributed by atoms with Gasteiger partial charge in [0.1, 0.15) is 0 Å². The van der Waals surface area contributed by atoms with Crippen molar-refractivity contribution in [2.45, 2.75) is 32.0 Å². The lowest BCUT2D eigenvalue weighted by atomic mass is 9.98. The third-order valence-corrected chi connectivity index (χ3v) is 3.96. The molecule has 2 N–H and O–H groups in total. The maximum atomic E-state index is 12.7. The molecule has 7 heteroatoms. The molecular formula is C16H23F3N2O2. The van der Waals surface area contributed by atoms with Crippen molar-refractivity contribution in [2.75, 3.05) is 32.8 Å². The van der Waals surface area contributed by atoms with Crippen LogP contribution in [0.15, 0.2) is 18.2 Å². The standard InChI is InChI=1S/C16H23F3N2O2/c1-2-23-15-11-12(3-4-14(15)22)13(5-6-16(17,18)19)21-9-7-20-8-10-21/h3-4,11,13,20,22H,2,5-10H2,1H3/t13-/m1/s1. The molecule has 1 fully saturated rings. The molecule has 1 heterocycles. The normalized spacial score (nSPS) is 17.9. The van der Waals surface area contributed by atoms with E-state index in [9.17, 15) is 18.3 Å². The van der Waals surface area contributed by atoms with Crippen molar-refractivity contribution < 1.29 is 23.0 Å². The first-order chi connectivity index (χ1) is 10.9.